The zero-order valence-corrected chi connectivity index (χ0v) is 17.5. The van der Waals surface area contributed by atoms with Crippen LogP contribution in [0.2, 0.25) is 0 Å². The van der Waals surface area contributed by atoms with Crippen LogP contribution in [0.15, 0.2) is 46.6 Å². The van der Waals surface area contributed by atoms with Crippen LogP contribution in [0.3, 0.4) is 0 Å². The van der Waals surface area contributed by atoms with E-state index < -0.39 is 11.1 Å². The Bertz CT molecular complexity index is 1220. The maximum absolute atomic E-state index is 12.1. The van der Waals surface area contributed by atoms with Crippen molar-refractivity contribution in [2.24, 2.45) is 9.98 Å². The Morgan fingerprint density at radius 3 is 2.57 bits per heavy atom. The average Bonchev–Trinajstić information content (AvgIpc) is 3.29. The Morgan fingerprint density at radius 1 is 1.10 bits per heavy atom. The summed E-state index contributed by atoms with van der Waals surface area (Å²) < 4.78 is 3.24. The minimum absolute atomic E-state index is 0.202. The molecule has 4 heterocycles. The van der Waals surface area contributed by atoms with Gasteiger partial charge in [-0.3, -0.25) is 5.43 Å². The van der Waals surface area contributed by atoms with Gasteiger partial charge in [0.05, 0.1) is 5.69 Å². The summed E-state index contributed by atoms with van der Waals surface area (Å²) in [6.07, 6.45) is 1.51. The highest BCUT2D eigenvalue weighted by Crippen LogP contribution is 2.50. The van der Waals surface area contributed by atoms with Gasteiger partial charge in [-0.2, -0.15) is 15.1 Å². The van der Waals surface area contributed by atoms with Gasteiger partial charge < -0.3 is 10.0 Å². The number of aliphatic hydroxyl groups is 1. The lowest BCUT2D eigenvalue weighted by molar-refractivity contribution is 0.0528. The van der Waals surface area contributed by atoms with E-state index in [4.69, 9.17) is 4.99 Å². The third kappa shape index (κ3) is 2.31. The first-order valence-electron chi connectivity index (χ1n) is 9.68. The smallest absolute Gasteiger partial charge is 0.271 e. The molecule has 1 atom stereocenters. The van der Waals surface area contributed by atoms with Crippen LogP contribution in [0, 0.1) is 13.8 Å². The quantitative estimate of drug-likeness (QED) is 0.638. The van der Waals surface area contributed by atoms with E-state index in [1.807, 2.05) is 70.0 Å². The van der Waals surface area contributed by atoms with E-state index in [-0.39, 0.29) is 5.84 Å². The van der Waals surface area contributed by atoms with Crippen molar-refractivity contribution in [1.82, 2.24) is 24.7 Å². The van der Waals surface area contributed by atoms with E-state index in [0.29, 0.717) is 11.9 Å². The molecule has 3 aromatic rings. The molecule has 0 saturated carbocycles. The van der Waals surface area contributed by atoms with Crippen LogP contribution in [0.5, 0.6) is 0 Å². The molecule has 0 amide bonds. The van der Waals surface area contributed by atoms with Crippen molar-refractivity contribution in [3.05, 3.63) is 53.6 Å². The number of amidine groups is 1. The number of nitrogens with one attached hydrogen (secondary N) is 1. The van der Waals surface area contributed by atoms with Crippen LogP contribution in [0.1, 0.15) is 30.8 Å². The van der Waals surface area contributed by atoms with Gasteiger partial charge in [0, 0.05) is 23.8 Å². The normalized spacial score (nSPS) is 22.0. The number of hydrogen-bond donors (Lipinski definition) is 2. The van der Waals surface area contributed by atoms with Crippen LogP contribution >= 0.6 is 0 Å². The number of aromatic nitrogens is 5. The van der Waals surface area contributed by atoms with E-state index in [1.165, 1.54) is 6.33 Å². The molecule has 0 fully saturated rings. The minimum Gasteiger partial charge on any atom is -0.364 e. The molecule has 154 valence electrons. The summed E-state index contributed by atoms with van der Waals surface area (Å²) in [7, 11) is 1.84. The lowest BCUT2D eigenvalue weighted by Gasteiger charge is -2.40. The summed E-state index contributed by atoms with van der Waals surface area (Å²) >= 11 is 0. The van der Waals surface area contributed by atoms with Crippen molar-refractivity contribution < 1.29 is 5.11 Å². The number of para-hydroxylation sites is 1. The van der Waals surface area contributed by atoms with E-state index in [1.54, 1.807) is 9.36 Å². The molecule has 0 spiro atoms. The monoisotopic (exact) mass is 405 g/mol. The molecule has 0 radical (unpaired) electrons. The fourth-order valence-corrected chi connectivity index (χ4v) is 4.34. The summed E-state index contributed by atoms with van der Waals surface area (Å²) in [4.78, 5) is 11.2. The minimum atomic E-state index is -1.53. The number of hydrogen-bond acceptors (Lipinski definition) is 8. The second-order valence-corrected chi connectivity index (χ2v) is 8.20. The van der Waals surface area contributed by atoms with E-state index in [2.05, 4.69) is 25.7 Å². The van der Waals surface area contributed by atoms with E-state index in [0.717, 1.165) is 22.6 Å². The number of aryl methyl sites for hydroxylation is 2. The van der Waals surface area contributed by atoms with Crippen LogP contribution in [0.4, 0.5) is 11.6 Å². The maximum atomic E-state index is 12.1. The number of fused-ring (bicyclic) bond motifs is 2. The van der Waals surface area contributed by atoms with Crippen molar-refractivity contribution in [1.29, 1.82) is 0 Å². The fraction of sp³-hybridized carbons (Fsp3) is 0.350. The summed E-state index contributed by atoms with van der Waals surface area (Å²) in [6, 6.07) is 9.88. The summed E-state index contributed by atoms with van der Waals surface area (Å²) in [5, 5.41) is 24.7. The van der Waals surface area contributed by atoms with Gasteiger partial charge in [-0.05, 0) is 31.5 Å². The standard InChI is InChI=1S/C20H23N9O/c1-12-10-13(2)29(25-12)18-23-16(22-17-24-21-11-28(17)26-18)20(30)19(3,4)14-8-6-7-9-15(14)27(20)5/h6-11,30H,1-5H3,(H,22,23,24,26). The van der Waals surface area contributed by atoms with Gasteiger partial charge in [0.2, 0.25) is 11.7 Å². The Labute approximate surface area is 173 Å². The molecule has 1 unspecified atom stereocenters. The SMILES string of the molecule is Cc1cc(C)n(C2=NC(C3(O)N(C)c4ccccc4C3(C)C)=Nc3nncn3N2)n1. The van der Waals surface area contributed by atoms with Gasteiger partial charge in [0.15, 0.2) is 5.84 Å². The zero-order chi connectivity index (χ0) is 21.3. The molecular weight excluding hydrogens is 382 g/mol. The Kier molecular flexibility index (Phi) is 3.69. The number of likely N-dealkylation sites (N-methyl/N-ethyl adjacent to an activating group) is 1. The predicted octanol–water partition coefficient (Wildman–Crippen LogP) is 1.70. The molecule has 10 nitrogen and oxygen atoms in total. The number of nitrogens with zero attached hydrogens (tertiary/aromatic N) is 8. The van der Waals surface area contributed by atoms with E-state index in [9.17, 15) is 5.11 Å². The molecule has 0 aliphatic carbocycles. The van der Waals surface area contributed by atoms with Crippen LogP contribution in [-0.2, 0) is 5.41 Å². The maximum Gasteiger partial charge on any atom is 0.271 e. The third-order valence-electron chi connectivity index (χ3n) is 5.99. The van der Waals surface area contributed by atoms with Crippen molar-refractivity contribution in [2.75, 3.05) is 17.4 Å². The molecule has 10 heteroatoms. The Hall–Kier alpha value is -3.53. The molecule has 2 aromatic heterocycles. The van der Waals surface area contributed by atoms with Crippen molar-refractivity contribution in [3.8, 4) is 0 Å². The molecule has 5 rings (SSSR count). The van der Waals surface area contributed by atoms with Gasteiger partial charge in [0.1, 0.15) is 6.33 Å². The number of rotatable bonds is 1. The predicted molar refractivity (Wildman–Crippen MR) is 114 cm³/mol. The average molecular weight is 405 g/mol. The summed E-state index contributed by atoms with van der Waals surface area (Å²) in [6.45, 7) is 7.83. The Morgan fingerprint density at radius 2 is 1.87 bits per heavy atom. The molecule has 2 aliphatic rings. The first-order valence-corrected chi connectivity index (χ1v) is 9.68. The van der Waals surface area contributed by atoms with Crippen molar-refractivity contribution >= 4 is 23.4 Å². The van der Waals surface area contributed by atoms with Gasteiger partial charge >= 0.3 is 0 Å². The first kappa shape index (κ1) is 18.5. The van der Waals surface area contributed by atoms with Crippen LogP contribution in [-0.4, -0.2) is 54.3 Å². The van der Waals surface area contributed by atoms with Gasteiger partial charge in [0.25, 0.3) is 5.95 Å². The zero-order valence-electron chi connectivity index (χ0n) is 17.5. The number of aliphatic imine (C=N–C) groups is 2. The van der Waals surface area contributed by atoms with Crippen LogP contribution < -0.4 is 10.3 Å². The number of anilines is 1. The number of benzene rings is 1. The third-order valence-corrected chi connectivity index (χ3v) is 5.99. The molecule has 30 heavy (non-hydrogen) atoms. The van der Waals surface area contributed by atoms with Gasteiger partial charge in [-0.25, -0.2) is 9.36 Å². The van der Waals surface area contributed by atoms with Crippen molar-refractivity contribution in [3.63, 3.8) is 0 Å². The summed E-state index contributed by atoms with van der Waals surface area (Å²) in [5.74, 6) is 0.887. The second kappa shape index (κ2) is 5.99. The largest absolute Gasteiger partial charge is 0.364 e. The van der Waals surface area contributed by atoms with Crippen molar-refractivity contribution in [2.45, 2.75) is 38.8 Å². The fourth-order valence-electron chi connectivity index (χ4n) is 4.34. The lowest BCUT2D eigenvalue weighted by atomic mass is 9.77. The van der Waals surface area contributed by atoms with Gasteiger partial charge in [-0.1, -0.05) is 32.0 Å². The molecular formula is C20H23N9O. The highest BCUT2D eigenvalue weighted by atomic mass is 16.3. The van der Waals surface area contributed by atoms with Crippen LogP contribution in [0.25, 0.3) is 0 Å². The topological polar surface area (TPSA) is 109 Å². The lowest BCUT2D eigenvalue weighted by Crippen LogP contribution is -2.60. The molecule has 2 aliphatic heterocycles. The summed E-state index contributed by atoms with van der Waals surface area (Å²) in [5.41, 5.74) is 4.60. The second-order valence-electron chi connectivity index (χ2n) is 8.20. The molecule has 0 saturated heterocycles. The molecule has 0 bridgehead atoms. The van der Waals surface area contributed by atoms with E-state index >= 15 is 0 Å². The Balaban J connectivity index is 1.74. The molecule has 1 aromatic carbocycles. The first-order chi connectivity index (χ1) is 14.2. The highest BCUT2D eigenvalue weighted by Gasteiger charge is 2.59. The van der Waals surface area contributed by atoms with Gasteiger partial charge in [-0.15, -0.1) is 10.2 Å². The highest BCUT2D eigenvalue weighted by molar-refractivity contribution is 6.08. The molecule has 2 N–H and O–H groups in total.